The van der Waals surface area contributed by atoms with Gasteiger partial charge in [0.1, 0.15) is 0 Å². The van der Waals surface area contributed by atoms with E-state index >= 15 is 0 Å². The molecule has 1 aromatic carbocycles. The molecule has 0 atom stereocenters. The molecular formula is C15H21N3OS. The molecule has 1 aromatic heterocycles. The van der Waals surface area contributed by atoms with Crippen LogP contribution in [0.3, 0.4) is 0 Å². The zero-order chi connectivity index (χ0) is 13.8. The quantitative estimate of drug-likeness (QED) is 0.860. The van der Waals surface area contributed by atoms with E-state index in [1.54, 1.807) is 11.3 Å². The van der Waals surface area contributed by atoms with Crippen LogP contribution < -0.4 is 10.6 Å². The molecule has 108 valence electrons. The molecule has 2 N–H and O–H groups in total. The molecule has 0 saturated carbocycles. The fourth-order valence-electron chi connectivity index (χ4n) is 2.54. The van der Waals surface area contributed by atoms with Crippen molar-refractivity contribution in [2.45, 2.75) is 25.4 Å². The topological polar surface area (TPSA) is 51.4 Å². The van der Waals surface area contributed by atoms with E-state index in [4.69, 9.17) is 15.5 Å². The van der Waals surface area contributed by atoms with E-state index in [9.17, 15) is 0 Å². The summed E-state index contributed by atoms with van der Waals surface area (Å²) in [6.07, 6.45) is 3.52. The number of nitrogens with zero attached hydrogens (tertiary/aromatic N) is 2. The largest absolute Gasteiger partial charge is 0.378 e. The van der Waals surface area contributed by atoms with Gasteiger partial charge in [-0.15, -0.1) is 0 Å². The van der Waals surface area contributed by atoms with Gasteiger partial charge in [-0.25, -0.2) is 4.98 Å². The molecule has 2 heterocycles. The summed E-state index contributed by atoms with van der Waals surface area (Å²) in [5.74, 6) is 0. The highest BCUT2D eigenvalue weighted by atomic mass is 32.1. The van der Waals surface area contributed by atoms with Gasteiger partial charge >= 0.3 is 0 Å². The van der Waals surface area contributed by atoms with Crippen molar-refractivity contribution in [2.24, 2.45) is 5.73 Å². The summed E-state index contributed by atoms with van der Waals surface area (Å²) < 4.78 is 7.11. The summed E-state index contributed by atoms with van der Waals surface area (Å²) in [6, 6.07) is 8.34. The standard InChI is InChI=1S/C15H21N3OS/c16-8-3-11-19-12-6-9-18(10-7-12)15-17-13-4-1-2-5-14(13)20-15/h1-2,4-5,12H,3,6-11,16H2. The van der Waals surface area contributed by atoms with Crippen LogP contribution in [-0.2, 0) is 4.74 Å². The van der Waals surface area contributed by atoms with Gasteiger partial charge < -0.3 is 15.4 Å². The molecule has 3 rings (SSSR count). The van der Waals surface area contributed by atoms with Gasteiger partial charge in [0, 0.05) is 19.7 Å². The van der Waals surface area contributed by atoms with Gasteiger partial charge in [0.15, 0.2) is 5.13 Å². The van der Waals surface area contributed by atoms with E-state index < -0.39 is 0 Å². The minimum atomic E-state index is 0.396. The van der Waals surface area contributed by atoms with Crippen LogP contribution in [-0.4, -0.2) is 37.3 Å². The smallest absolute Gasteiger partial charge is 0.186 e. The van der Waals surface area contributed by atoms with Crippen molar-refractivity contribution in [3.05, 3.63) is 24.3 Å². The lowest BCUT2D eigenvalue weighted by molar-refractivity contribution is 0.0366. The molecule has 1 fully saturated rings. The number of nitrogens with two attached hydrogens (primary N) is 1. The van der Waals surface area contributed by atoms with Crippen molar-refractivity contribution >= 4 is 26.7 Å². The predicted octanol–water partition coefficient (Wildman–Crippen LogP) is 2.63. The molecule has 0 spiro atoms. The predicted molar refractivity (Wildman–Crippen MR) is 84.5 cm³/mol. The molecule has 20 heavy (non-hydrogen) atoms. The van der Waals surface area contributed by atoms with Gasteiger partial charge in [0.05, 0.1) is 16.3 Å². The normalized spacial score (nSPS) is 16.9. The van der Waals surface area contributed by atoms with Gasteiger partial charge in [0.25, 0.3) is 0 Å². The number of benzene rings is 1. The molecule has 0 radical (unpaired) electrons. The van der Waals surface area contributed by atoms with E-state index in [0.717, 1.165) is 49.6 Å². The second-order valence-corrected chi connectivity index (χ2v) is 6.17. The van der Waals surface area contributed by atoms with E-state index in [-0.39, 0.29) is 0 Å². The number of para-hydroxylation sites is 1. The zero-order valence-corrected chi connectivity index (χ0v) is 12.4. The van der Waals surface area contributed by atoms with Gasteiger partial charge in [-0.05, 0) is 37.9 Å². The summed E-state index contributed by atoms with van der Waals surface area (Å²) in [5.41, 5.74) is 6.59. The van der Waals surface area contributed by atoms with Crippen molar-refractivity contribution in [2.75, 3.05) is 31.1 Å². The van der Waals surface area contributed by atoms with Crippen LogP contribution in [0, 0.1) is 0 Å². The number of ether oxygens (including phenoxy) is 1. The average Bonchev–Trinajstić information content (AvgIpc) is 2.92. The minimum absolute atomic E-state index is 0.396. The lowest BCUT2D eigenvalue weighted by Gasteiger charge is -2.31. The molecule has 2 aromatic rings. The summed E-state index contributed by atoms with van der Waals surface area (Å²) in [5, 5.41) is 1.15. The van der Waals surface area contributed by atoms with Crippen LogP contribution in [0.15, 0.2) is 24.3 Å². The summed E-state index contributed by atoms with van der Waals surface area (Å²) >= 11 is 1.78. The van der Waals surface area contributed by atoms with E-state index in [1.807, 2.05) is 6.07 Å². The lowest BCUT2D eigenvalue weighted by atomic mass is 10.1. The second kappa shape index (κ2) is 6.52. The van der Waals surface area contributed by atoms with Gasteiger partial charge in [-0.3, -0.25) is 0 Å². The Balaban J connectivity index is 1.57. The van der Waals surface area contributed by atoms with E-state index in [1.165, 1.54) is 4.70 Å². The first-order valence-corrected chi connectivity index (χ1v) is 8.10. The molecule has 0 unspecified atom stereocenters. The fraction of sp³-hybridized carbons (Fsp3) is 0.533. The van der Waals surface area contributed by atoms with Gasteiger partial charge in [-0.1, -0.05) is 23.5 Å². The lowest BCUT2D eigenvalue weighted by Crippen LogP contribution is -2.37. The number of rotatable bonds is 5. The number of hydrogen-bond acceptors (Lipinski definition) is 5. The molecule has 0 amide bonds. The van der Waals surface area contributed by atoms with Crippen molar-refractivity contribution in [1.82, 2.24) is 4.98 Å². The van der Waals surface area contributed by atoms with Gasteiger partial charge in [-0.2, -0.15) is 0 Å². The first-order chi connectivity index (χ1) is 9.86. The first-order valence-electron chi connectivity index (χ1n) is 7.29. The van der Waals surface area contributed by atoms with Gasteiger partial charge in [0.2, 0.25) is 0 Å². The van der Waals surface area contributed by atoms with Crippen molar-refractivity contribution in [1.29, 1.82) is 0 Å². The number of piperidine rings is 1. The maximum absolute atomic E-state index is 5.84. The third-order valence-electron chi connectivity index (χ3n) is 3.70. The van der Waals surface area contributed by atoms with Crippen LogP contribution >= 0.6 is 11.3 Å². The van der Waals surface area contributed by atoms with E-state index in [2.05, 4.69) is 23.1 Å². The number of fused-ring (bicyclic) bond motifs is 1. The molecular weight excluding hydrogens is 270 g/mol. The SMILES string of the molecule is NCCCOC1CCN(c2nc3ccccc3s2)CC1. The fourth-order valence-corrected chi connectivity index (χ4v) is 3.56. The van der Waals surface area contributed by atoms with Crippen molar-refractivity contribution in [3.63, 3.8) is 0 Å². The molecule has 5 heteroatoms. The average molecular weight is 291 g/mol. The molecule has 1 aliphatic heterocycles. The zero-order valence-electron chi connectivity index (χ0n) is 11.6. The monoisotopic (exact) mass is 291 g/mol. The number of thiazole rings is 1. The van der Waals surface area contributed by atoms with Crippen LogP contribution in [0.1, 0.15) is 19.3 Å². The molecule has 0 aliphatic carbocycles. The Bertz CT molecular complexity index is 516. The molecule has 1 saturated heterocycles. The maximum Gasteiger partial charge on any atom is 0.186 e. The Morgan fingerprint density at radius 3 is 2.85 bits per heavy atom. The Morgan fingerprint density at radius 2 is 2.10 bits per heavy atom. The molecule has 0 bridgehead atoms. The highest BCUT2D eigenvalue weighted by molar-refractivity contribution is 7.22. The number of hydrogen-bond donors (Lipinski definition) is 1. The third kappa shape index (κ3) is 3.11. The maximum atomic E-state index is 5.84. The first kappa shape index (κ1) is 13.8. The van der Waals surface area contributed by atoms with Crippen LogP contribution in [0.25, 0.3) is 10.2 Å². The Labute approximate surface area is 123 Å². The summed E-state index contributed by atoms with van der Waals surface area (Å²) in [7, 11) is 0. The highest BCUT2D eigenvalue weighted by Crippen LogP contribution is 2.30. The van der Waals surface area contributed by atoms with Crippen LogP contribution in [0.5, 0.6) is 0 Å². The Morgan fingerprint density at radius 1 is 1.30 bits per heavy atom. The van der Waals surface area contributed by atoms with Crippen molar-refractivity contribution in [3.8, 4) is 0 Å². The van der Waals surface area contributed by atoms with E-state index in [0.29, 0.717) is 12.6 Å². The highest BCUT2D eigenvalue weighted by Gasteiger charge is 2.21. The molecule has 4 nitrogen and oxygen atoms in total. The summed E-state index contributed by atoms with van der Waals surface area (Å²) in [4.78, 5) is 7.11. The third-order valence-corrected chi connectivity index (χ3v) is 4.79. The van der Waals surface area contributed by atoms with Crippen molar-refractivity contribution < 1.29 is 4.74 Å². The van der Waals surface area contributed by atoms with Crippen LogP contribution in [0.2, 0.25) is 0 Å². The number of anilines is 1. The number of aromatic nitrogens is 1. The van der Waals surface area contributed by atoms with Crippen LogP contribution in [0.4, 0.5) is 5.13 Å². The molecule has 1 aliphatic rings. The summed E-state index contributed by atoms with van der Waals surface area (Å²) in [6.45, 7) is 3.58. The second-order valence-electron chi connectivity index (χ2n) is 5.16. The minimum Gasteiger partial charge on any atom is -0.378 e. The Hall–Kier alpha value is -1.17. The Kier molecular flexibility index (Phi) is 4.50.